The molecule has 0 aliphatic heterocycles. The van der Waals surface area contributed by atoms with Crippen LogP contribution in [0.3, 0.4) is 0 Å². The maximum Gasteiger partial charge on any atom is 0.256 e. The largest absolute Gasteiger partial charge is 0.491 e. The SMILES string of the molecule is Cc1cc(C)n2c(SC[C@H](O)COc3ccc(Br)cc3)nnc2n1. The highest BCUT2D eigenvalue weighted by Crippen LogP contribution is 2.20. The van der Waals surface area contributed by atoms with E-state index in [0.29, 0.717) is 11.5 Å². The number of benzene rings is 1. The Balaban J connectivity index is 1.58. The monoisotopic (exact) mass is 408 g/mol. The van der Waals surface area contributed by atoms with Crippen LogP contribution < -0.4 is 4.74 Å². The number of aromatic nitrogens is 4. The van der Waals surface area contributed by atoms with Gasteiger partial charge in [0.05, 0.1) is 6.10 Å². The number of aliphatic hydroxyl groups is 1. The summed E-state index contributed by atoms with van der Waals surface area (Å²) < 4.78 is 8.46. The molecule has 0 saturated carbocycles. The van der Waals surface area contributed by atoms with E-state index in [0.717, 1.165) is 26.8 Å². The maximum absolute atomic E-state index is 10.1. The van der Waals surface area contributed by atoms with Gasteiger partial charge in [0.25, 0.3) is 5.78 Å². The molecule has 0 unspecified atom stereocenters. The Morgan fingerprint density at radius 3 is 2.75 bits per heavy atom. The molecule has 2 aromatic heterocycles. The fourth-order valence-corrected chi connectivity index (χ4v) is 3.39. The summed E-state index contributed by atoms with van der Waals surface area (Å²) in [6, 6.07) is 9.49. The molecule has 0 fully saturated rings. The summed E-state index contributed by atoms with van der Waals surface area (Å²) >= 11 is 4.81. The predicted molar refractivity (Wildman–Crippen MR) is 96.6 cm³/mol. The molecule has 1 aromatic carbocycles. The average molecular weight is 409 g/mol. The van der Waals surface area contributed by atoms with Crippen molar-refractivity contribution in [2.75, 3.05) is 12.4 Å². The molecule has 1 N–H and O–H groups in total. The number of fused-ring (bicyclic) bond motifs is 1. The van der Waals surface area contributed by atoms with Crippen LogP contribution in [0.2, 0.25) is 0 Å². The molecule has 24 heavy (non-hydrogen) atoms. The summed E-state index contributed by atoms with van der Waals surface area (Å²) in [6.45, 7) is 4.14. The van der Waals surface area contributed by atoms with Gasteiger partial charge in [-0.15, -0.1) is 10.2 Å². The van der Waals surface area contributed by atoms with Crippen LogP contribution >= 0.6 is 27.7 Å². The maximum atomic E-state index is 10.1. The van der Waals surface area contributed by atoms with Crippen molar-refractivity contribution >= 4 is 33.5 Å². The van der Waals surface area contributed by atoms with Gasteiger partial charge in [0, 0.05) is 21.6 Å². The lowest BCUT2D eigenvalue weighted by atomic mass is 10.3. The Morgan fingerprint density at radius 1 is 1.25 bits per heavy atom. The summed E-state index contributed by atoms with van der Waals surface area (Å²) in [4.78, 5) is 4.35. The van der Waals surface area contributed by atoms with Crippen LogP contribution in [0.25, 0.3) is 5.78 Å². The van der Waals surface area contributed by atoms with Crippen LogP contribution in [0, 0.1) is 13.8 Å². The van der Waals surface area contributed by atoms with Crippen LogP contribution in [0.15, 0.2) is 40.0 Å². The fraction of sp³-hybridized carbons (Fsp3) is 0.312. The van der Waals surface area contributed by atoms with E-state index in [-0.39, 0.29) is 6.61 Å². The Labute approximate surface area is 152 Å². The first-order valence-electron chi connectivity index (χ1n) is 7.41. The second-order valence-electron chi connectivity index (χ2n) is 5.39. The Hall–Kier alpha value is -1.64. The number of ether oxygens (including phenoxy) is 1. The van der Waals surface area contributed by atoms with Gasteiger partial charge in [0.1, 0.15) is 12.4 Å². The molecule has 8 heteroatoms. The Kier molecular flexibility index (Phi) is 5.37. The van der Waals surface area contributed by atoms with Crippen LogP contribution in [0.4, 0.5) is 0 Å². The molecule has 3 aromatic rings. The second kappa shape index (κ2) is 7.50. The molecular formula is C16H17BrN4O2S. The van der Waals surface area contributed by atoms with E-state index in [4.69, 9.17) is 4.74 Å². The van der Waals surface area contributed by atoms with Crippen molar-refractivity contribution < 1.29 is 9.84 Å². The van der Waals surface area contributed by atoms with E-state index >= 15 is 0 Å². The van der Waals surface area contributed by atoms with Crippen molar-refractivity contribution in [2.24, 2.45) is 0 Å². The van der Waals surface area contributed by atoms with Crippen molar-refractivity contribution in [3.8, 4) is 5.75 Å². The molecule has 0 radical (unpaired) electrons. The molecule has 0 aliphatic rings. The van der Waals surface area contributed by atoms with Crippen LogP contribution in [0.5, 0.6) is 5.75 Å². The summed E-state index contributed by atoms with van der Waals surface area (Å²) in [6.07, 6.45) is -0.607. The van der Waals surface area contributed by atoms with Crippen molar-refractivity contribution in [1.29, 1.82) is 0 Å². The topological polar surface area (TPSA) is 72.5 Å². The van der Waals surface area contributed by atoms with Crippen molar-refractivity contribution in [3.63, 3.8) is 0 Å². The lowest BCUT2D eigenvalue weighted by molar-refractivity contribution is 0.126. The molecule has 0 saturated heterocycles. The zero-order valence-corrected chi connectivity index (χ0v) is 15.7. The Bertz CT molecular complexity index is 838. The number of aliphatic hydroxyl groups excluding tert-OH is 1. The molecule has 2 heterocycles. The van der Waals surface area contributed by atoms with Gasteiger partial charge < -0.3 is 9.84 Å². The number of hydrogen-bond acceptors (Lipinski definition) is 6. The van der Waals surface area contributed by atoms with E-state index < -0.39 is 6.10 Å². The number of halogens is 1. The number of aryl methyl sites for hydroxylation is 2. The van der Waals surface area contributed by atoms with E-state index in [1.54, 1.807) is 0 Å². The highest BCUT2D eigenvalue weighted by Gasteiger charge is 2.13. The van der Waals surface area contributed by atoms with Crippen molar-refractivity contribution in [1.82, 2.24) is 19.6 Å². The first-order valence-corrected chi connectivity index (χ1v) is 9.19. The lowest BCUT2D eigenvalue weighted by Crippen LogP contribution is -2.20. The summed E-state index contributed by atoms with van der Waals surface area (Å²) in [5.74, 6) is 1.77. The smallest absolute Gasteiger partial charge is 0.256 e. The molecular weight excluding hydrogens is 392 g/mol. The zero-order chi connectivity index (χ0) is 17.1. The molecule has 0 spiro atoms. The Morgan fingerprint density at radius 2 is 2.00 bits per heavy atom. The second-order valence-corrected chi connectivity index (χ2v) is 7.29. The summed E-state index contributed by atoms with van der Waals surface area (Å²) in [7, 11) is 0. The van der Waals surface area contributed by atoms with Gasteiger partial charge in [-0.2, -0.15) is 0 Å². The third kappa shape index (κ3) is 4.06. The molecule has 3 rings (SSSR count). The lowest BCUT2D eigenvalue weighted by Gasteiger charge is -2.12. The van der Waals surface area contributed by atoms with Gasteiger partial charge in [-0.1, -0.05) is 27.7 Å². The van der Waals surface area contributed by atoms with E-state index in [9.17, 15) is 5.11 Å². The molecule has 126 valence electrons. The normalized spacial score (nSPS) is 12.5. The van der Waals surface area contributed by atoms with Crippen LogP contribution in [-0.2, 0) is 0 Å². The van der Waals surface area contributed by atoms with E-state index in [1.807, 2.05) is 48.6 Å². The third-order valence-corrected chi connectivity index (χ3v) is 4.93. The quantitative estimate of drug-likeness (QED) is 0.631. The summed E-state index contributed by atoms with van der Waals surface area (Å²) in [5, 5.41) is 19.1. The number of thioether (sulfide) groups is 1. The minimum absolute atomic E-state index is 0.224. The number of hydrogen-bond donors (Lipinski definition) is 1. The first kappa shape index (κ1) is 17.2. The molecule has 6 nitrogen and oxygen atoms in total. The zero-order valence-electron chi connectivity index (χ0n) is 13.3. The highest BCUT2D eigenvalue weighted by molar-refractivity contribution is 9.10. The van der Waals surface area contributed by atoms with Gasteiger partial charge in [-0.3, -0.25) is 4.40 Å². The highest BCUT2D eigenvalue weighted by atomic mass is 79.9. The standard InChI is InChI=1S/C16H17BrN4O2S/c1-10-7-11(2)21-15(18-10)19-20-16(21)24-9-13(22)8-23-14-5-3-12(17)4-6-14/h3-7,13,22H,8-9H2,1-2H3/t13-/m1/s1. The number of rotatable bonds is 6. The van der Waals surface area contributed by atoms with Crippen LogP contribution in [0.1, 0.15) is 11.4 Å². The minimum atomic E-state index is -0.607. The summed E-state index contributed by atoms with van der Waals surface area (Å²) in [5.41, 5.74) is 1.93. The molecule has 1 atom stereocenters. The van der Waals surface area contributed by atoms with E-state index in [1.165, 1.54) is 11.8 Å². The fourth-order valence-electron chi connectivity index (χ4n) is 2.24. The van der Waals surface area contributed by atoms with Crippen molar-refractivity contribution in [2.45, 2.75) is 25.1 Å². The van der Waals surface area contributed by atoms with Crippen LogP contribution in [-0.4, -0.2) is 43.2 Å². The van der Waals surface area contributed by atoms with Gasteiger partial charge in [-0.25, -0.2) is 4.98 Å². The minimum Gasteiger partial charge on any atom is -0.491 e. The van der Waals surface area contributed by atoms with E-state index in [2.05, 4.69) is 31.1 Å². The van der Waals surface area contributed by atoms with Crippen molar-refractivity contribution in [3.05, 3.63) is 46.2 Å². The molecule has 0 bridgehead atoms. The number of nitrogens with zero attached hydrogens (tertiary/aromatic N) is 4. The molecule has 0 aliphatic carbocycles. The van der Waals surface area contributed by atoms with Gasteiger partial charge in [0.2, 0.25) is 0 Å². The average Bonchev–Trinajstić information content (AvgIpc) is 2.95. The predicted octanol–water partition coefficient (Wildman–Crippen LogP) is 3.04. The first-order chi connectivity index (χ1) is 11.5. The third-order valence-electron chi connectivity index (χ3n) is 3.32. The van der Waals surface area contributed by atoms with Gasteiger partial charge >= 0.3 is 0 Å². The molecule has 0 amide bonds. The van der Waals surface area contributed by atoms with Gasteiger partial charge in [-0.05, 0) is 44.2 Å². The van der Waals surface area contributed by atoms with Gasteiger partial charge in [0.15, 0.2) is 5.16 Å².